The van der Waals surface area contributed by atoms with Gasteiger partial charge in [-0.15, -0.1) is 0 Å². The van der Waals surface area contributed by atoms with Gasteiger partial charge < -0.3 is 10.1 Å². The van der Waals surface area contributed by atoms with Crippen LogP contribution in [0.15, 0.2) is 36.4 Å². The minimum atomic E-state index is -0.521. The molecule has 0 aliphatic carbocycles. The first-order valence-corrected chi connectivity index (χ1v) is 7.74. The SMILES string of the molecule is COc1cc([N+](=O)[O-])ccc1NC(=S)NC(=O)c1ccc(C)cc1C. The van der Waals surface area contributed by atoms with Crippen LogP contribution in [-0.4, -0.2) is 23.1 Å². The number of aryl methyl sites for hydroxylation is 2. The van der Waals surface area contributed by atoms with Gasteiger partial charge in [0.2, 0.25) is 0 Å². The number of methoxy groups -OCH3 is 1. The van der Waals surface area contributed by atoms with E-state index in [0.29, 0.717) is 11.3 Å². The quantitative estimate of drug-likeness (QED) is 0.494. The Labute approximate surface area is 150 Å². The number of nitro groups is 1. The second-order valence-corrected chi connectivity index (χ2v) is 5.78. The number of non-ortho nitro benzene ring substituents is 1. The maximum absolute atomic E-state index is 12.3. The van der Waals surface area contributed by atoms with Crippen LogP contribution >= 0.6 is 12.2 Å². The molecule has 0 saturated heterocycles. The van der Waals surface area contributed by atoms with Crippen LogP contribution in [0.25, 0.3) is 0 Å². The zero-order chi connectivity index (χ0) is 18.6. The number of thiocarbonyl (C=S) groups is 1. The molecule has 0 atom stereocenters. The average Bonchev–Trinajstić information content (AvgIpc) is 2.54. The number of benzene rings is 2. The molecule has 0 aromatic heterocycles. The van der Waals surface area contributed by atoms with Crippen LogP contribution in [0.1, 0.15) is 21.5 Å². The molecule has 2 N–H and O–H groups in total. The summed E-state index contributed by atoms with van der Waals surface area (Å²) >= 11 is 5.14. The summed E-state index contributed by atoms with van der Waals surface area (Å²) in [6, 6.07) is 9.54. The van der Waals surface area contributed by atoms with E-state index in [2.05, 4.69) is 10.6 Å². The van der Waals surface area contributed by atoms with Crippen molar-refractivity contribution in [3.63, 3.8) is 0 Å². The van der Waals surface area contributed by atoms with Gasteiger partial charge in [0.15, 0.2) is 5.11 Å². The number of carbonyl (C=O) groups is 1. The van der Waals surface area contributed by atoms with E-state index >= 15 is 0 Å². The van der Waals surface area contributed by atoms with E-state index in [9.17, 15) is 14.9 Å². The van der Waals surface area contributed by atoms with Crippen molar-refractivity contribution in [1.82, 2.24) is 5.32 Å². The number of nitrogens with zero attached hydrogens (tertiary/aromatic N) is 1. The third-order valence-electron chi connectivity index (χ3n) is 3.50. The Kier molecular flexibility index (Phi) is 5.66. The Balaban J connectivity index is 2.12. The second-order valence-electron chi connectivity index (χ2n) is 5.37. The molecule has 0 spiro atoms. The number of ether oxygens (including phenoxy) is 1. The van der Waals surface area contributed by atoms with E-state index in [0.717, 1.165) is 11.1 Å². The number of hydrogen-bond donors (Lipinski definition) is 2. The Hall–Kier alpha value is -3.00. The summed E-state index contributed by atoms with van der Waals surface area (Å²) in [7, 11) is 1.39. The van der Waals surface area contributed by atoms with Crippen molar-refractivity contribution in [2.45, 2.75) is 13.8 Å². The van der Waals surface area contributed by atoms with Crippen LogP contribution in [0, 0.1) is 24.0 Å². The van der Waals surface area contributed by atoms with Gasteiger partial charge in [-0.2, -0.15) is 0 Å². The van der Waals surface area contributed by atoms with E-state index in [1.807, 2.05) is 26.0 Å². The molecule has 1 amide bonds. The summed E-state index contributed by atoms with van der Waals surface area (Å²) in [5.41, 5.74) is 2.73. The van der Waals surface area contributed by atoms with Gasteiger partial charge in [-0.3, -0.25) is 20.2 Å². The first-order chi connectivity index (χ1) is 11.8. The predicted molar refractivity (Wildman–Crippen MR) is 99.3 cm³/mol. The molecular weight excluding hydrogens is 342 g/mol. The lowest BCUT2D eigenvalue weighted by atomic mass is 10.1. The molecule has 25 heavy (non-hydrogen) atoms. The third kappa shape index (κ3) is 4.51. The lowest BCUT2D eigenvalue weighted by Crippen LogP contribution is -2.34. The molecular formula is C17H17N3O4S. The molecule has 2 aromatic carbocycles. The summed E-state index contributed by atoms with van der Waals surface area (Å²) in [5, 5.41) is 16.3. The van der Waals surface area contributed by atoms with E-state index in [4.69, 9.17) is 17.0 Å². The highest BCUT2D eigenvalue weighted by Crippen LogP contribution is 2.28. The van der Waals surface area contributed by atoms with Crippen molar-refractivity contribution in [3.8, 4) is 5.75 Å². The van der Waals surface area contributed by atoms with Crippen molar-refractivity contribution in [3.05, 3.63) is 63.2 Å². The molecule has 2 aromatic rings. The van der Waals surface area contributed by atoms with Gasteiger partial charge in [-0.25, -0.2) is 0 Å². The van der Waals surface area contributed by atoms with Crippen LogP contribution in [0.3, 0.4) is 0 Å². The fraction of sp³-hybridized carbons (Fsp3) is 0.176. The van der Waals surface area contributed by atoms with E-state index < -0.39 is 4.92 Å². The minimum Gasteiger partial charge on any atom is -0.494 e. The third-order valence-corrected chi connectivity index (χ3v) is 3.70. The number of nitrogens with one attached hydrogen (secondary N) is 2. The first-order valence-electron chi connectivity index (χ1n) is 7.34. The lowest BCUT2D eigenvalue weighted by molar-refractivity contribution is -0.384. The predicted octanol–water partition coefficient (Wildman–Crippen LogP) is 3.35. The smallest absolute Gasteiger partial charge is 0.273 e. The molecule has 0 unspecified atom stereocenters. The van der Waals surface area contributed by atoms with Crippen LogP contribution in [0.5, 0.6) is 5.75 Å². The maximum Gasteiger partial charge on any atom is 0.273 e. The van der Waals surface area contributed by atoms with E-state index in [1.165, 1.54) is 25.3 Å². The van der Waals surface area contributed by atoms with Gasteiger partial charge in [0.25, 0.3) is 11.6 Å². The normalized spacial score (nSPS) is 10.0. The van der Waals surface area contributed by atoms with Crippen LogP contribution in [0.2, 0.25) is 0 Å². The van der Waals surface area contributed by atoms with Crippen molar-refractivity contribution in [1.29, 1.82) is 0 Å². The van der Waals surface area contributed by atoms with Gasteiger partial charge >= 0.3 is 0 Å². The highest BCUT2D eigenvalue weighted by molar-refractivity contribution is 7.80. The van der Waals surface area contributed by atoms with Crippen molar-refractivity contribution in [2.75, 3.05) is 12.4 Å². The van der Waals surface area contributed by atoms with Crippen molar-refractivity contribution >= 4 is 34.6 Å². The fourth-order valence-electron chi connectivity index (χ4n) is 2.29. The number of anilines is 1. The molecule has 7 nitrogen and oxygen atoms in total. The highest BCUT2D eigenvalue weighted by atomic mass is 32.1. The fourth-order valence-corrected chi connectivity index (χ4v) is 2.49. The van der Waals surface area contributed by atoms with E-state index in [1.54, 1.807) is 6.07 Å². The summed E-state index contributed by atoms with van der Waals surface area (Å²) in [5.74, 6) is -0.0896. The summed E-state index contributed by atoms with van der Waals surface area (Å²) < 4.78 is 5.12. The van der Waals surface area contributed by atoms with Crippen molar-refractivity contribution < 1.29 is 14.5 Å². The molecule has 0 radical (unpaired) electrons. The maximum atomic E-state index is 12.3. The molecule has 0 fully saturated rings. The summed E-state index contributed by atoms with van der Waals surface area (Å²) in [6.45, 7) is 3.79. The van der Waals surface area contributed by atoms with E-state index in [-0.39, 0.29) is 22.5 Å². The molecule has 0 saturated carbocycles. The summed E-state index contributed by atoms with van der Waals surface area (Å²) in [4.78, 5) is 22.6. The number of hydrogen-bond acceptors (Lipinski definition) is 5. The first kappa shape index (κ1) is 18.3. The van der Waals surface area contributed by atoms with Crippen molar-refractivity contribution in [2.24, 2.45) is 0 Å². The monoisotopic (exact) mass is 359 g/mol. The Morgan fingerprint density at radius 3 is 2.52 bits per heavy atom. The summed E-state index contributed by atoms with van der Waals surface area (Å²) in [6.07, 6.45) is 0. The number of rotatable bonds is 4. The molecule has 8 heteroatoms. The van der Waals surface area contributed by atoms with Crippen LogP contribution < -0.4 is 15.4 Å². The van der Waals surface area contributed by atoms with Crippen LogP contribution in [-0.2, 0) is 0 Å². The average molecular weight is 359 g/mol. The topological polar surface area (TPSA) is 93.5 Å². The van der Waals surface area contributed by atoms with Gasteiger partial charge in [0.1, 0.15) is 5.75 Å². The molecule has 0 aliphatic rings. The molecule has 130 valence electrons. The second kappa shape index (κ2) is 7.71. The number of carbonyl (C=O) groups excluding carboxylic acids is 1. The zero-order valence-corrected chi connectivity index (χ0v) is 14.8. The van der Waals surface area contributed by atoms with Gasteiger partial charge in [-0.05, 0) is 43.8 Å². The minimum absolute atomic E-state index is 0.0668. The number of nitro benzene ring substituents is 1. The largest absolute Gasteiger partial charge is 0.494 e. The molecule has 0 heterocycles. The standard InChI is InChI=1S/C17H17N3O4S/c1-10-4-6-13(11(2)8-10)16(21)19-17(25)18-14-7-5-12(20(22)23)9-15(14)24-3/h4-9H,1-3H3,(H2,18,19,21,25). The highest BCUT2D eigenvalue weighted by Gasteiger charge is 2.14. The Bertz CT molecular complexity index is 852. The lowest BCUT2D eigenvalue weighted by Gasteiger charge is -2.13. The van der Waals surface area contributed by atoms with Crippen LogP contribution in [0.4, 0.5) is 11.4 Å². The van der Waals surface area contributed by atoms with Gasteiger partial charge in [-0.1, -0.05) is 17.7 Å². The molecule has 2 rings (SSSR count). The molecule has 0 aliphatic heterocycles. The van der Waals surface area contributed by atoms with Gasteiger partial charge in [0, 0.05) is 11.6 Å². The zero-order valence-electron chi connectivity index (χ0n) is 14.0. The Morgan fingerprint density at radius 1 is 1.20 bits per heavy atom. The molecule has 0 bridgehead atoms. The number of amides is 1. The Morgan fingerprint density at radius 2 is 1.92 bits per heavy atom. The van der Waals surface area contributed by atoms with Gasteiger partial charge in [0.05, 0.1) is 23.8 Å².